The highest BCUT2D eigenvalue weighted by Gasteiger charge is 2.24. The average molecular weight is 859 g/mol. The van der Waals surface area contributed by atoms with Crippen LogP contribution in [-0.4, -0.2) is 46.7 Å². The zero-order valence-electron chi connectivity index (χ0n) is 34.2. The van der Waals surface area contributed by atoms with Crippen LogP contribution in [0.3, 0.4) is 0 Å². The number of nitrogen functional groups attached to an aromatic ring is 2. The first-order chi connectivity index (χ1) is 29.9. The van der Waals surface area contributed by atoms with Crippen LogP contribution in [0.5, 0.6) is 0 Å². The van der Waals surface area contributed by atoms with Crippen LogP contribution in [0.1, 0.15) is 71.6 Å². The van der Waals surface area contributed by atoms with Gasteiger partial charge >= 0.3 is 0 Å². The summed E-state index contributed by atoms with van der Waals surface area (Å²) in [6.07, 6.45) is 2.89. The van der Waals surface area contributed by atoms with Crippen molar-refractivity contribution in [3.63, 3.8) is 0 Å². The number of nitrogens with one attached hydrogen (secondary N) is 2. The molecule has 0 saturated heterocycles. The minimum atomic E-state index is -0.721. The van der Waals surface area contributed by atoms with E-state index in [4.69, 9.17) is 27.3 Å². The van der Waals surface area contributed by atoms with Gasteiger partial charge in [0.25, 0.3) is 11.8 Å². The second kappa shape index (κ2) is 17.8. The maximum absolute atomic E-state index is 14.2. The van der Waals surface area contributed by atoms with E-state index in [1.807, 2.05) is 72.8 Å². The molecule has 8 N–H and O–H groups in total. The summed E-state index contributed by atoms with van der Waals surface area (Å²) in [6.45, 7) is 8.27. The Kier molecular flexibility index (Phi) is 12.0. The second-order valence-corrected chi connectivity index (χ2v) is 17.2. The lowest BCUT2D eigenvalue weighted by Gasteiger charge is -2.19. The number of hydrogen-bond acceptors (Lipinski definition) is 15. The summed E-state index contributed by atoms with van der Waals surface area (Å²) < 4.78 is 0. The number of hydrogen-bond donors (Lipinski definition) is 5. The molecule has 8 rings (SSSR count). The highest BCUT2D eigenvalue weighted by molar-refractivity contribution is 7.99. The van der Waals surface area contributed by atoms with Crippen LogP contribution in [0.15, 0.2) is 141 Å². The molecule has 8 aromatic rings. The predicted octanol–water partition coefficient (Wildman–Crippen LogP) is 9.72. The number of fused-ring (bicyclic) bond motifs is 2. The van der Waals surface area contributed by atoms with Crippen LogP contribution in [0, 0.1) is 0 Å². The topological polar surface area (TPSA) is 217 Å². The molecule has 4 aromatic carbocycles. The number of nitrogens with zero attached hydrogens (tertiary/aromatic N) is 7. The minimum absolute atomic E-state index is 0.165. The normalized spacial score (nSPS) is 11.3. The molecule has 16 heteroatoms. The van der Waals surface area contributed by atoms with Crippen LogP contribution >= 0.6 is 23.5 Å². The van der Waals surface area contributed by atoms with Crippen molar-refractivity contribution >= 4 is 91.8 Å². The number of rotatable bonds is 12. The van der Waals surface area contributed by atoms with E-state index in [2.05, 4.69) is 58.3 Å². The van der Waals surface area contributed by atoms with Gasteiger partial charge in [0.2, 0.25) is 0 Å². The van der Waals surface area contributed by atoms with E-state index in [-0.39, 0.29) is 23.0 Å². The molecule has 0 spiro atoms. The molecule has 0 saturated carbocycles. The van der Waals surface area contributed by atoms with Crippen LogP contribution < -0.4 is 27.9 Å². The second-order valence-electron chi connectivity index (χ2n) is 15.0. The Morgan fingerprint density at radius 1 is 0.548 bits per heavy atom. The molecule has 0 radical (unpaired) electrons. The molecule has 2 amide bonds. The number of imide groups is 1. The molecule has 4 heterocycles. The lowest BCUT2D eigenvalue weighted by molar-refractivity contribution is 0.0615. The standard InChI is InChI=1S/C46H42N12O2S2/c1-25(2)35-17-15-33-41(54-35)50-23-52-43(33)56-37-21-27(5-19-39(37)61-31-11-7-29(47)8-12-31)45(59)58(49)46(60)28-6-20-40(62-32-13-9-30(48)10-14-32)38(22-28)57-44-34-16-18-36(26(3)4)55-42(34)51-24-53-44/h5-26H,47-49H2,1-4H3,(H,50,52,54,56)(H,51,53,55,57). The number of carbonyl (C=O) groups excluding carboxylic acids is 2. The molecule has 310 valence electrons. The number of carbonyl (C=O) groups is 2. The molecule has 62 heavy (non-hydrogen) atoms. The first-order valence-corrected chi connectivity index (χ1v) is 21.3. The fraction of sp³-hybridized carbons (Fsp3) is 0.130. The van der Waals surface area contributed by atoms with Gasteiger partial charge in [-0.15, -0.1) is 0 Å². The molecule has 4 aromatic heterocycles. The molecule has 0 atom stereocenters. The lowest BCUT2D eigenvalue weighted by Crippen LogP contribution is -2.42. The van der Waals surface area contributed by atoms with Crippen molar-refractivity contribution in [1.82, 2.24) is 34.9 Å². The fourth-order valence-corrected chi connectivity index (χ4v) is 8.17. The van der Waals surface area contributed by atoms with Gasteiger partial charge in [0.15, 0.2) is 11.3 Å². The average Bonchev–Trinajstić information content (AvgIpc) is 3.28. The van der Waals surface area contributed by atoms with Crippen molar-refractivity contribution < 1.29 is 9.59 Å². The van der Waals surface area contributed by atoms with Gasteiger partial charge in [-0.05, 0) is 121 Å². The van der Waals surface area contributed by atoms with Gasteiger partial charge in [-0.3, -0.25) is 9.59 Å². The molecule has 0 aliphatic carbocycles. The van der Waals surface area contributed by atoms with E-state index < -0.39 is 11.8 Å². The Hall–Kier alpha value is -7.14. The largest absolute Gasteiger partial charge is 0.399 e. The van der Waals surface area contributed by atoms with Crippen molar-refractivity contribution in [2.75, 3.05) is 22.1 Å². The smallest absolute Gasteiger partial charge is 0.275 e. The lowest BCUT2D eigenvalue weighted by atomic mass is 10.1. The van der Waals surface area contributed by atoms with Crippen LogP contribution in [-0.2, 0) is 0 Å². The highest BCUT2D eigenvalue weighted by atomic mass is 32.2. The van der Waals surface area contributed by atoms with Gasteiger partial charge in [0.1, 0.15) is 24.3 Å². The van der Waals surface area contributed by atoms with Crippen LogP contribution in [0.2, 0.25) is 0 Å². The Morgan fingerprint density at radius 3 is 1.34 bits per heavy atom. The third kappa shape index (κ3) is 9.12. The predicted molar refractivity (Wildman–Crippen MR) is 247 cm³/mol. The summed E-state index contributed by atoms with van der Waals surface area (Å²) in [7, 11) is 0. The zero-order chi connectivity index (χ0) is 43.5. The highest BCUT2D eigenvalue weighted by Crippen LogP contribution is 2.39. The SMILES string of the molecule is CC(C)c1ccc2c(Nc3cc(C(=O)N(N)C(=O)c4ccc(Sc5ccc(N)cc5)c(Nc5ncnc6nc(C(C)C)ccc56)c4)ccc3Sc3ccc(N)cc3)ncnc2n1. The third-order valence-electron chi connectivity index (χ3n) is 9.83. The van der Waals surface area contributed by atoms with Gasteiger partial charge in [-0.2, -0.15) is 0 Å². The molecule has 0 aliphatic rings. The van der Waals surface area contributed by atoms with Gasteiger partial charge in [0.05, 0.1) is 22.1 Å². The van der Waals surface area contributed by atoms with Crippen molar-refractivity contribution in [2.45, 2.75) is 59.1 Å². The minimum Gasteiger partial charge on any atom is -0.399 e. The number of nitrogens with two attached hydrogens (primary N) is 3. The first-order valence-electron chi connectivity index (χ1n) is 19.7. The van der Waals surface area contributed by atoms with Crippen molar-refractivity contribution in [3.05, 3.63) is 144 Å². The number of hydrazine groups is 1. The number of anilines is 6. The van der Waals surface area contributed by atoms with E-state index in [1.165, 1.54) is 36.2 Å². The molecular formula is C46H42N12O2S2. The molecule has 0 aliphatic heterocycles. The summed E-state index contributed by atoms with van der Waals surface area (Å²) >= 11 is 2.93. The maximum Gasteiger partial charge on any atom is 0.275 e. The number of amides is 2. The van der Waals surface area contributed by atoms with Crippen molar-refractivity contribution in [3.8, 4) is 0 Å². The summed E-state index contributed by atoms with van der Waals surface area (Å²) in [5.41, 5.74) is 17.5. The fourth-order valence-electron chi connectivity index (χ4n) is 6.41. The monoisotopic (exact) mass is 858 g/mol. The first kappa shape index (κ1) is 41.6. The maximum atomic E-state index is 14.2. The van der Waals surface area contributed by atoms with Crippen LogP contribution in [0.25, 0.3) is 22.1 Å². The van der Waals surface area contributed by atoms with Gasteiger partial charge in [-0.25, -0.2) is 40.8 Å². The number of aromatic nitrogens is 6. The summed E-state index contributed by atoms with van der Waals surface area (Å²) in [5, 5.41) is 8.82. The van der Waals surface area contributed by atoms with Gasteiger partial charge in [0, 0.05) is 53.5 Å². The van der Waals surface area contributed by atoms with Crippen LogP contribution in [0.4, 0.5) is 34.4 Å². The zero-order valence-corrected chi connectivity index (χ0v) is 35.8. The summed E-state index contributed by atoms with van der Waals surface area (Å²) in [4.78, 5) is 59.0. The van der Waals surface area contributed by atoms with E-state index in [1.54, 1.807) is 36.4 Å². The van der Waals surface area contributed by atoms with Gasteiger partial charge < -0.3 is 22.1 Å². The van der Waals surface area contributed by atoms with Crippen molar-refractivity contribution in [1.29, 1.82) is 0 Å². The molecule has 14 nitrogen and oxygen atoms in total. The molecule has 0 unspecified atom stereocenters. The summed E-state index contributed by atoms with van der Waals surface area (Å²) in [5.74, 6) is 6.37. The number of pyridine rings is 2. The van der Waals surface area contributed by atoms with E-state index in [0.717, 1.165) is 31.0 Å². The Morgan fingerprint density at radius 2 is 0.952 bits per heavy atom. The Labute approximate surface area is 366 Å². The van der Waals surface area contributed by atoms with Crippen molar-refractivity contribution in [2.24, 2.45) is 5.84 Å². The quantitative estimate of drug-likeness (QED) is 0.0254. The number of benzene rings is 4. The molecule has 0 bridgehead atoms. The van der Waals surface area contributed by atoms with E-state index >= 15 is 0 Å². The third-order valence-corrected chi connectivity index (χ3v) is 12.0. The molecule has 0 fully saturated rings. The van der Waals surface area contributed by atoms with Gasteiger partial charge in [-0.1, -0.05) is 51.2 Å². The van der Waals surface area contributed by atoms with E-state index in [9.17, 15) is 9.59 Å². The Balaban J connectivity index is 1.12. The Bertz CT molecular complexity index is 2760. The molecular weight excluding hydrogens is 817 g/mol. The summed E-state index contributed by atoms with van der Waals surface area (Å²) in [6, 6.07) is 32.8. The van der Waals surface area contributed by atoms with E-state index in [0.29, 0.717) is 61.5 Å².